The van der Waals surface area contributed by atoms with Gasteiger partial charge in [0.1, 0.15) is 17.3 Å². The normalized spacial score (nSPS) is 12.1. The van der Waals surface area contributed by atoms with E-state index in [0.717, 1.165) is 84.0 Å². The molecule has 0 atom stereocenters. The minimum Gasteiger partial charge on any atom is -0.456 e. The third-order valence-electron chi connectivity index (χ3n) is 12.3. The van der Waals surface area contributed by atoms with Gasteiger partial charge in [-0.15, -0.1) is 0 Å². The van der Waals surface area contributed by atoms with E-state index in [1.54, 1.807) is 0 Å². The van der Waals surface area contributed by atoms with Gasteiger partial charge in [-0.25, -0.2) is 9.97 Å². The lowest BCUT2D eigenvalue weighted by Crippen LogP contribution is -2.02. The summed E-state index contributed by atoms with van der Waals surface area (Å²) in [5.41, 5.74) is 13.0. The molecule has 0 saturated carbocycles. The summed E-state index contributed by atoms with van der Waals surface area (Å²) in [4.78, 5) is 10.4. The van der Waals surface area contributed by atoms with Crippen LogP contribution >= 0.6 is 0 Å². The number of hydrogen-bond donors (Lipinski definition) is 0. The van der Waals surface area contributed by atoms with Gasteiger partial charge in [0.15, 0.2) is 5.82 Å². The Hall–Kier alpha value is -8.28. The zero-order chi connectivity index (χ0) is 40.0. The van der Waals surface area contributed by atoms with Crippen LogP contribution < -0.4 is 4.74 Å². The lowest BCUT2D eigenvalue weighted by molar-refractivity contribution is 0.487. The highest BCUT2D eigenvalue weighted by molar-refractivity contribution is 6.26. The van der Waals surface area contributed by atoms with Crippen molar-refractivity contribution in [3.8, 4) is 67.9 Å². The van der Waals surface area contributed by atoms with E-state index in [9.17, 15) is 0 Å². The van der Waals surface area contributed by atoms with Gasteiger partial charge in [0.25, 0.3) is 0 Å². The molecule has 0 bridgehead atoms. The molecule has 4 heterocycles. The van der Waals surface area contributed by atoms with E-state index < -0.39 is 0 Å². The standard InChI is InChI=1S/C56H34N4O/c1-4-16-35(17-5-1)45-33-52(58-56(57-45)36-18-6-2-7-19-36)60-46-27-12-10-23-42(46)53-39(24-15-28-48(53)60)37-30-31-47-44(32-37)54-43-26-14-25-41-40-22-11-13-29-50(40)61-51(55(41)43)34-49(54)59(47)38-20-8-3-9-21-38/h1-34H. The van der Waals surface area contributed by atoms with Crippen LogP contribution in [0.5, 0.6) is 11.5 Å². The zero-order valence-corrected chi connectivity index (χ0v) is 32.8. The summed E-state index contributed by atoms with van der Waals surface area (Å²) in [6, 6.07) is 73.0. The average molecular weight is 779 g/mol. The minimum atomic E-state index is 0.686. The van der Waals surface area contributed by atoms with E-state index in [1.165, 1.54) is 32.5 Å². The van der Waals surface area contributed by atoms with Gasteiger partial charge in [-0.1, -0.05) is 152 Å². The molecule has 0 radical (unpaired) electrons. The van der Waals surface area contributed by atoms with Crippen LogP contribution in [-0.4, -0.2) is 19.1 Å². The number of fused-ring (bicyclic) bond motifs is 9. The molecule has 1 aliphatic rings. The van der Waals surface area contributed by atoms with Crippen LogP contribution in [0.4, 0.5) is 0 Å². The van der Waals surface area contributed by atoms with Crippen molar-refractivity contribution in [2.24, 2.45) is 0 Å². The number of aromatic nitrogens is 4. The average Bonchev–Trinajstić information content (AvgIpc) is 3.85. The van der Waals surface area contributed by atoms with E-state index in [0.29, 0.717) is 5.82 Å². The monoisotopic (exact) mass is 778 g/mol. The molecule has 13 rings (SSSR count). The zero-order valence-electron chi connectivity index (χ0n) is 32.8. The molecule has 1 aliphatic heterocycles. The van der Waals surface area contributed by atoms with Crippen LogP contribution in [0, 0.1) is 0 Å². The van der Waals surface area contributed by atoms with Gasteiger partial charge in [0.05, 0.1) is 27.8 Å². The molecular formula is C56H34N4O. The fraction of sp³-hybridized carbons (Fsp3) is 0. The van der Waals surface area contributed by atoms with E-state index in [2.05, 4.69) is 185 Å². The molecule has 0 saturated heterocycles. The van der Waals surface area contributed by atoms with Crippen LogP contribution in [-0.2, 0) is 0 Å². The molecule has 12 aromatic rings. The molecular weight excluding hydrogens is 745 g/mol. The number of hydrogen-bond acceptors (Lipinski definition) is 3. The first kappa shape index (κ1) is 33.7. The highest BCUT2D eigenvalue weighted by atomic mass is 16.5. The third kappa shape index (κ3) is 5.08. The Morgan fingerprint density at radius 1 is 0.344 bits per heavy atom. The van der Waals surface area contributed by atoms with Crippen molar-refractivity contribution in [1.29, 1.82) is 0 Å². The lowest BCUT2D eigenvalue weighted by atomic mass is 9.92. The molecule has 5 heteroatoms. The van der Waals surface area contributed by atoms with Crippen molar-refractivity contribution < 1.29 is 4.74 Å². The van der Waals surface area contributed by atoms with Gasteiger partial charge < -0.3 is 9.30 Å². The Bertz CT molecular complexity index is 3660. The molecule has 3 aromatic heterocycles. The molecule has 0 aliphatic carbocycles. The first-order valence-corrected chi connectivity index (χ1v) is 20.7. The van der Waals surface area contributed by atoms with Gasteiger partial charge in [0, 0.05) is 61.4 Å². The van der Waals surface area contributed by atoms with Crippen molar-refractivity contribution in [2.75, 3.05) is 0 Å². The minimum absolute atomic E-state index is 0.686. The Balaban J connectivity index is 1.08. The maximum atomic E-state index is 6.71. The summed E-state index contributed by atoms with van der Waals surface area (Å²) in [5.74, 6) is 3.27. The SMILES string of the molecule is c1ccc(-c2cc(-n3c4ccccc4c4c(-c5ccc6c(c5)c5c7cccc8c7c(cc5n6-c5ccccc5)Oc5ccccc5-8)cccc43)nc(-c3ccccc3)n2)cc1. The highest BCUT2D eigenvalue weighted by Crippen LogP contribution is 2.51. The van der Waals surface area contributed by atoms with E-state index in [1.807, 2.05) is 30.3 Å². The molecule has 0 unspecified atom stereocenters. The number of nitrogens with zero attached hydrogens (tertiary/aromatic N) is 4. The van der Waals surface area contributed by atoms with Crippen LogP contribution in [0.25, 0.3) is 111 Å². The van der Waals surface area contributed by atoms with Gasteiger partial charge in [-0.2, -0.15) is 0 Å². The molecule has 0 spiro atoms. The fourth-order valence-electron chi connectivity index (χ4n) is 9.71. The van der Waals surface area contributed by atoms with Crippen molar-refractivity contribution in [2.45, 2.75) is 0 Å². The largest absolute Gasteiger partial charge is 0.456 e. The Morgan fingerprint density at radius 3 is 1.85 bits per heavy atom. The number of para-hydroxylation sites is 3. The van der Waals surface area contributed by atoms with Crippen molar-refractivity contribution in [1.82, 2.24) is 19.1 Å². The molecule has 284 valence electrons. The number of benzene rings is 9. The second kappa shape index (κ2) is 13.1. The third-order valence-corrected chi connectivity index (χ3v) is 12.3. The topological polar surface area (TPSA) is 44.9 Å². The fourth-order valence-corrected chi connectivity index (χ4v) is 9.71. The number of ether oxygens (including phenoxy) is 1. The summed E-state index contributed by atoms with van der Waals surface area (Å²) in [5, 5.41) is 7.07. The summed E-state index contributed by atoms with van der Waals surface area (Å²) < 4.78 is 11.4. The summed E-state index contributed by atoms with van der Waals surface area (Å²) in [7, 11) is 0. The second-order valence-corrected chi connectivity index (χ2v) is 15.7. The van der Waals surface area contributed by atoms with Crippen LogP contribution in [0.15, 0.2) is 206 Å². The van der Waals surface area contributed by atoms with Crippen molar-refractivity contribution >= 4 is 54.4 Å². The molecule has 0 N–H and O–H groups in total. The van der Waals surface area contributed by atoms with Gasteiger partial charge in [-0.05, 0) is 64.5 Å². The van der Waals surface area contributed by atoms with Crippen LogP contribution in [0.1, 0.15) is 0 Å². The molecule has 61 heavy (non-hydrogen) atoms. The van der Waals surface area contributed by atoms with Gasteiger partial charge in [0.2, 0.25) is 0 Å². The molecule has 5 nitrogen and oxygen atoms in total. The highest BCUT2D eigenvalue weighted by Gasteiger charge is 2.25. The van der Waals surface area contributed by atoms with E-state index >= 15 is 0 Å². The summed E-state index contributed by atoms with van der Waals surface area (Å²) in [6.07, 6.45) is 0. The van der Waals surface area contributed by atoms with Gasteiger partial charge in [-0.3, -0.25) is 4.57 Å². The predicted molar refractivity (Wildman–Crippen MR) is 250 cm³/mol. The summed E-state index contributed by atoms with van der Waals surface area (Å²) in [6.45, 7) is 0. The Kier molecular flexibility index (Phi) is 7.24. The maximum Gasteiger partial charge on any atom is 0.162 e. The molecule has 9 aromatic carbocycles. The second-order valence-electron chi connectivity index (χ2n) is 15.7. The van der Waals surface area contributed by atoms with E-state index in [-0.39, 0.29) is 0 Å². The molecule has 0 amide bonds. The predicted octanol–water partition coefficient (Wildman–Crippen LogP) is 14.6. The lowest BCUT2D eigenvalue weighted by Gasteiger charge is -2.22. The maximum absolute atomic E-state index is 6.71. The Labute approximate surface area is 351 Å². The number of rotatable bonds is 5. The van der Waals surface area contributed by atoms with E-state index in [4.69, 9.17) is 14.7 Å². The van der Waals surface area contributed by atoms with Crippen LogP contribution in [0.3, 0.4) is 0 Å². The van der Waals surface area contributed by atoms with Crippen LogP contribution in [0.2, 0.25) is 0 Å². The smallest absolute Gasteiger partial charge is 0.162 e. The quantitative estimate of drug-likeness (QED) is 0.175. The van der Waals surface area contributed by atoms with Crippen molar-refractivity contribution in [3.05, 3.63) is 206 Å². The Morgan fingerprint density at radius 2 is 1.00 bits per heavy atom. The van der Waals surface area contributed by atoms with Crippen molar-refractivity contribution in [3.63, 3.8) is 0 Å². The molecule has 0 fully saturated rings. The summed E-state index contributed by atoms with van der Waals surface area (Å²) >= 11 is 0. The van der Waals surface area contributed by atoms with Gasteiger partial charge >= 0.3 is 0 Å². The first-order chi connectivity index (χ1) is 30.3. The first-order valence-electron chi connectivity index (χ1n) is 20.7.